The Hall–Kier alpha value is -3.16. The third-order valence-corrected chi connectivity index (χ3v) is 3.97. The van der Waals surface area contributed by atoms with Gasteiger partial charge in [0.25, 0.3) is 5.91 Å². The van der Waals surface area contributed by atoms with Crippen molar-refractivity contribution in [1.29, 1.82) is 0 Å². The van der Waals surface area contributed by atoms with E-state index < -0.39 is 18.1 Å². The third-order valence-electron chi connectivity index (χ3n) is 3.97. The quantitative estimate of drug-likeness (QED) is 0.753. The summed E-state index contributed by atoms with van der Waals surface area (Å²) in [5.41, 5.74) is 2.33. The highest BCUT2D eigenvalue weighted by molar-refractivity contribution is 5.94. The number of nitrogens with one attached hydrogen (secondary N) is 1. The SMILES string of the molecule is Cc1cc(C)n(-c2ccc(C(=O)NC(c3ccccn3)C(F)(F)F)cc2)n1. The fourth-order valence-electron chi connectivity index (χ4n) is 2.73. The number of nitrogens with zero attached hydrogens (tertiary/aromatic N) is 3. The van der Waals surface area contributed by atoms with Crippen LogP contribution in [0.25, 0.3) is 5.69 Å². The second-order valence-corrected chi connectivity index (χ2v) is 6.09. The second kappa shape index (κ2) is 7.22. The van der Waals surface area contributed by atoms with Gasteiger partial charge in [0, 0.05) is 17.5 Å². The lowest BCUT2D eigenvalue weighted by atomic mass is 10.1. The Morgan fingerprint density at radius 3 is 2.33 bits per heavy atom. The van der Waals surface area contributed by atoms with Crippen LogP contribution in [0.3, 0.4) is 0 Å². The van der Waals surface area contributed by atoms with E-state index >= 15 is 0 Å². The molecule has 140 valence electrons. The molecule has 0 bridgehead atoms. The zero-order valence-corrected chi connectivity index (χ0v) is 14.7. The minimum Gasteiger partial charge on any atom is -0.335 e. The molecule has 0 aliphatic heterocycles. The molecule has 0 spiro atoms. The first-order valence-electron chi connectivity index (χ1n) is 8.18. The van der Waals surface area contributed by atoms with Crippen molar-refractivity contribution >= 4 is 5.91 Å². The number of aryl methyl sites for hydroxylation is 2. The van der Waals surface area contributed by atoms with Crippen LogP contribution in [0.5, 0.6) is 0 Å². The molecule has 1 amide bonds. The lowest BCUT2D eigenvalue weighted by molar-refractivity contribution is -0.156. The maximum atomic E-state index is 13.3. The number of aromatic nitrogens is 3. The fraction of sp³-hybridized carbons (Fsp3) is 0.211. The van der Waals surface area contributed by atoms with Crippen LogP contribution in [0.15, 0.2) is 54.7 Å². The summed E-state index contributed by atoms with van der Waals surface area (Å²) >= 11 is 0. The number of hydrogen-bond donors (Lipinski definition) is 1. The Labute approximate surface area is 153 Å². The Morgan fingerprint density at radius 2 is 1.81 bits per heavy atom. The van der Waals surface area contributed by atoms with Crippen LogP contribution in [0.2, 0.25) is 0 Å². The molecule has 1 aromatic carbocycles. The van der Waals surface area contributed by atoms with E-state index in [4.69, 9.17) is 0 Å². The van der Waals surface area contributed by atoms with E-state index in [0.29, 0.717) is 5.69 Å². The number of carbonyl (C=O) groups is 1. The van der Waals surface area contributed by atoms with Crippen LogP contribution in [-0.4, -0.2) is 26.8 Å². The number of halogens is 3. The van der Waals surface area contributed by atoms with E-state index in [1.807, 2.05) is 25.2 Å². The molecular formula is C19H17F3N4O. The highest BCUT2D eigenvalue weighted by atomic mass is 19.4. The van der Waals surface area contributed by atoms with Gasteiger partial charge in [0.1, 0.15) is 0 Å². The van der Waals surface area contributed by atoms with Crippen molar-refractivity contribution in [3.05, 3.63) is 77.4 Å². The lowest BCUT2D eigenvalue weighted by Crippen LogP contribution is -2.38. The predicted octanol–water partition coefficient (Wildman–Crippen LogP) is 3.92. The zero-order chi connectivity index (χ0) is 19.6. The van der Waals surface area contributed by atoms with Gasteiger partial charge in [-0.3, -0.25) is 9.78 Å². The summed E-state index contributed by atoms with van der Waals surface area (Å²) < 4.78 is 41.7. The molecule has 27 heavy (non-hydrogen) atoms. The second-order valence-electron chi connectivity index (χ2n) is 6.09. The summed E-state index contributed by atoms with van der Waals surface area (Å²) in [6.07, 6.45) is -3.41. The zero-order valence-electron chi connectivity index (χ0n) is 14.7. The first-order valence-corrected chi connectivity index (χ1v) is 8.18. The van der Waals surface area contributed by atoms with Crippen molar-refractivity contribution in [3.63, 3.8) is 0 Å². The monoisotopic (exact) mass is 374 g/mol. The van der Waals surface area contributed by atoms with Gasteiger partial charge >= 0.3 is 6.18 Å². The molecule has 0 saturated carbocycles. The molecule has 1 unspecified atom stereocenters. The molecule has 3 aromatic rings. The first-order chi connectivity index (χ1) is 12.8. The van der Waals surface area contributed by atoms with Gasteiger partial charge in [-0.15, -0.1) is 0 Å². The summed E-state index contributed by atoms with van der Waals surface area (Å²) in [4.78, 5) is 16.0. The third kappa shape index (κ3) is 4.16. The molecule has 0 aliphatic rings. The molecule has 1 N–H and O–H groups in total. The molecule has 3 rings (SSSR count). The van der Waals surface area contributed by atoms with Crippen LogP contribution in [0.1, 0.15) is 33.5 Å². The van der Waals surface area contributed by atoms with Crippen LogP contribution in [-0.2, 0) is 0 Å². The Kier molecular flexibility index (Phi) is 4.98. The topological polar surface area (TPSA) is 59.8 Å². The van der Waals surface area contributed by atoms with Crippen LogP contribution in [0.4, 0.5) is 13.2 Å². The number of benzene rings is 1. The summed E-state index contributed by atoms with van der Waals surface area (Å²) in [5.74, 6) is -0.831. The highest BCUT2D eigenvalue weighted by Crippen LogP contribution is 2.31. The number of carbonyl (C=O) groups excluding carboxylic acids is 1. The average Bonchev–Trinajstić information content (AvgIpc) is 2.97. The van der Waals surface area contributed by atoms with Crippen molar-refractivity contribution < 1.29 is 18.0 Å². The molecule has 0 radical (unpaired) electrons. The average molecular weight is 374 g/mol. The van der Waals surface area contributed by atoms with Gasteiger partial charge in [-0.05, 0) is 56.3 Å². The van der Waals surface area contributed by atoms with Gasteiger partial charge in [0.2, 0.25) is 0 Å². The Morgan fingerprint density at radius 1 is 1.11 bits per heavy atom. The van der Waals surface area contributed by atoms with Gasteiger partial charge < -0.3 is 5.32 Å². The lowest BCUT2D eigenvalue weighted by Gasteiger charge is -2.21. The number of rotatable bonds is 4. The largest absolute Gasteiger partial charge is 0.414 e. The molecule has 8 heteroatoms. The summed E-state index contributed by atoms with van der Waals surface area (Å²) in [7, 11) is 0. The van der Waals surface area contributed by atoms with E-state index in [1.54, 1.807) is 16.8 Å². The normalized spacial score (nSPS) is 12.6. The fourth-order valence-corrected chi connectivity index (χ4v) is 2.73. The van der Waals surface area contributed by atoms with Crippen molar-refractivity contribution in [1.82, 2.24) is 20.1 Å². The van der Waals surface area contributed by atoms with Crippen LogP contribution < -0.4 is 5.32 Å². The molecule has 0 saturated heterocycles. The van der Waals surface area contributed by atoms with Gasteiger partial charge in [0.15, 0.2) is 6.04 Å². The van der Waals surface area contributed by atoms with Crippen molar-refractivity contribution in [3.8, 4) is 5.69 Å². The predicted molar refractivity (Wildman–Crippen MR) is 93.5 cm³/mol. The minimum atomic E-state index is -4.66. The van der Waals surface area contributed by atoms with Gasteiger partial charge in [0.05, 0.1) is 17.1 Å². The van der Waals surface area contributed by atoms with E-state index in [0.717, 1.165) is 11.4 Å². The van der Waals surface area contributed by atoms with E-state index in [-0.39, 0.29) is 11.3 Å². The number of pyridine rings is 1. The maximum Gasteiger partial charge on any atom is 0.414 e. The minimum absolute atomic E-state index is 0.116. The smallest absolute Gasteiger partial charge is 0.335 e. The van der Waals surface area contributed by atoms with Crippen molar-refractivity contribution in [2.75, 3.05) is 0 Å². The van der Waals surface area contributed by atoms with E-state index in [1.165, 1.54) is 36.5 Å². The summed E-state index contributed by atoms with van der Waals surface area (Å²) in [6, 6.07) is 10.1. The van der Waals surface area contributed by atoms with Crippen molar-refractivity contribution in [2.24, 2.45) is 0 Å². The molecule has 2 aromatic heterocycles. The molecule has 1 atom stereocenters. The summed E-state index contributed by atoms with van der Waals surface area (Å²) in [5, 5.41) is 6.35. The molecule has 2 heterocycles. The summed E-state index contributed by atoms with van der Waals surface area (Å²) in [6.45, 7) is 3.75. The standard InChI is InChI=1S/C19H17F3N4O/c1-12-11-13(2)26(25-12)15-8-6-14(7-9-15)18(27)24-17(19(20,21)22)16-5-3-4-10-23-16/h3-11,17H,1-2H3,(H,24,27). The first kappa shape index (κ1) is 18.6. The molecular weight excluding hydrogens is 357 g/mol. The maximum absolute atomic E-state index is 13.3. The Balaban J connectivity index is 1.82. The number of hydrogen-bond acceptors (Lipinski definition) is 3. The Bertz CT molecular complexity index is 934. The number of alkyl halides is 3. The van der Waals surface area contributed by atoms with Gasteiger partial charge in [-0.2, -0.15) is 18.3 Å². The van der Waals surface area contributed by atoms with E-state index in [9.17, 15) is 18.0 Å². The molecule has 0 aliphatic carbocycles. The van der Waals surface area contributed by atoms with Gasteiger partial charge in [-0.25, -0.2) is 4.68 Å². The van der Waals surface area contributed by atoms with Gasteiger partial charge in [-0.1, -0.05) is 6.07 Å². The highest BCUT2D eigenvalue weighted by Gasteiger charge is 2.42. The van der Waals surface area contributed by atoms with E-state index in [2.05, 4.69) is 10.1 Å². The number of amides is 1. The van der Waals surface area contributed by atoms with Crippen molar-refractivity contribution in [2.45, 2.75) is 26.1 Å². The molecule has 5 nitrogen and oxygen atoms in total. The van der Waals surface area contributed by atoms with Crippen LogP contribution >= 0.6 is 0 Å². The van der Waals surface area contributed by atoms with Crippen LogP contribution in [0, 0.1) is 13.8 Å². The molecule has 0 fully saturated rings.